The molecule has 0 spiro atoms. The fraction of sp³-hybridized carbons (Fsp3) is 0.381. The van der Waals surface area contributed by atoms with Gasteiger partial charge in [-0.1, -0.05) is 56.3 Å². The van der Waals surface area contributed by atoms with E-state index in [-0.39, 0.29) is 23.9 Å². The van der Waals surface area contributed by atoms with Crippen LogP contribution < -0.4 is 9.62 Å². The second-order valence-electron chi connectivity index (χ2n) is 7.64. The summed E-state index contributed by atoms with van der Waals surface area (Å²) in [5.74, 6) is -0.336. The van der Waals surface area contributed by atoms with Crippen LogP contribution in [0, 0.1) is 0 Å². The number of amides is 1. The van der Waals surface area contributed by atoms with E-state index < -0.39 is 10.0 Å². The molecule has 0 radical (unpaired) electrons. The average molecular weight is 467 g/mol. The Hall–Kier alpha value is -1.86. The maximum atomic E-state index is 12.6. The molecule has 2 aromatic rings. The molecule has 2 rings (SSSR count). The molecule has 0 saturated carbocycles. The number of para-hydroxylation sites is 1. The number of rotatable bonds is 8. The normalized spacial score (nSPS) is 13.0. The highest BCUT2D eigenvalue weighted by molar-refractivity contribution is 9.10. The molecule has 0 saturated heterocycles. The first-order valence-corrected chi connectivity index (χ1v) is 11.7. The summed E-state index contributed by atoms with van der Waals surface area (Å²) in [7, 11) is -3.61. The third kappa shape index (κ3) is 6.07. The molecule has 7 heteroatoms. The Balaban J connectivity index is 2.08. The summed E-state index contributed by atoms with van der Waals surface area (Å²) in [5, 5.41) is 2.94. The minimum atomic E-state index is -3.61. The van der Waals surface area contributed by atoms with Gasteiger partial charge in [-0.3, -0.25) is 9.10 Å². The molecule has 1 unspecified atom stereocenters. The molecule has 0 aliphatic rings. The third-order valence-corrected chi connectivity index (χ3v) is 6.38. The van der Waals surface area contributed by atoms with Crippen molar-refractivity contribution in [2.75, 3.05) is 17.1 Å². The molecule has 1 amide bonds. The lowest BCUT2D eigenvalue weighted by atomic mass is 9.79. The van der Waals surface area contributed by atoms with Crippen LogP contribution in [0.15, 0.2) is 59.1 Å². The van der Waals surface area contributed by atoms with Gasteiger partial charge >= 0.3 is 0 Å². The Labute approximate surface area is 176 Å². The van der Waals surface area contributed by atoms with Crippen LogP contribution in [0.2, 0.25) is 0 Å². The van der Waals surface area contributed by atoms with E-state index in [1.165, 1.54) is 5.56 Å². The monoisotopic (exact) mass is 466 g/mol. The van der Waals surface area contributed by atoms with Gasteiger partial charge < -0.3 is 5.32 Å². The summed E-state index contributed by atoms with van der Waals surface area (Å²) < 4.78 is 26.2. The van der Waals surface area contributed by atoms with Crippen molar-refractivity contribution in [1.82, 2.24) is 5.32 Å². The zero-order valence-electron chi connectivity index (χ0n) is 16.6. The summed E-state index contributed by atoms with van der Waals surface area (Å²) in [6.45, 7) is 5.94. The van der Waals surface area contributed by atoms with Gasteiger partial charge in [0.05, 0.1) is 11.9 Å². The van der Waals surface area contributed by atoms with E-state index in [9.17, 15) is 13.2 Å². The Morgan fingerprint density at radius 1 is 1.11 bits per heavy atom. The lowest BCUT2D eigenvalue weighted by Crippen LogP contribution is -2.44. The number of hydrogen-bond donors (Lipinski definition) is 1. The second-order valence-corrected chi connectivity index (χ2v) is 10.4. The summed E-state index contributed by atoms with van der Waals surface area (Å²) in [5.41, 5.74) is 1.52. The van der Waals surface area contributed by atoms with Crippen molar-refractivity contribution >= 4 is 37.5 Å². The lowest BCUT2D eigenvalue weighted by molar-refractivity contribution is -0.120. The number of carbonyl (C=O) groups excluding carboxylic acids is 1. The first-order valence-electron chi connectivity index (χ1n) is 9.08. The Bertz CT molecular complexity index is 914. The van der Waals surface area contributed by atoms with Crippen LogP contribution in [-0.2, 0) is 20.2 Å². The third-order valence-electron chi connectivity index (χ3n) is 4.59. The van der Waals surface area contributed by atoms with Gasteiger partial charge in [-0.25, -0.2) is 8.42 Å². The number of benzene rings is 2. The fourth-order valence-corrected chi connectivity index (χ4v) is 4.79. The van der Waals surface area contributed by atoms with Gasteiger partial charge in [0, 0.05) is 10.5 Å². The zero-order valence-corrected chi connectivity index (χ0v) is 19.0. The highest BCUT2D eigenvalue weighted by Gasteiger charge is 2.26. The van der Waals surface area contributed by atoms with Gasteiger partial charge in [0.15, 0.2) is 0 Å². The van der Waals surface area contributed by atoms with Gasteiger partial charge in [-0.15, -0.1) is 0 Å². The molecule has 2 aromatic carbocycles. The van der Waals surface area contributed by atoms with E-state index in [1.807, 2.05) is 25.1 Å². The summed E-state index contributed by atoms with van der Waals surface area (Å²) >= 11 is 3.36. The molecule has 1 N–H and O–H groups in total. The van der Waals surface area contributed by atoms with Crippen LogP contribution in [0.1, 0.15) is 32.8 Å². The number of hydrogen-bond acceptors (Lipinski definition) is 3. The van der Waals surface area contributed by atoms with Gasteiger partial charge in [-0.05, 0) is 52.4 Å². The number of anilines is 1. The largest absolute Gasteiger partial charge is 0.352 e. The molecule has 0 aromatic heterocycles. The van der Waals surface area contributed by atoms with Crippen LogP contribution in [0.4, 0.5) is 5.69 Å². The number of sulfonamides is 1. The van der Waals surface area contributed by atoms with E-state index in [1.54, 1.807) is 24.3 Å². The first kappa shape index (κ1) is 22.4. The van der Waals surface area contributed by atoms with Gasteiger partial charge in [-0.2, -0.15) is 0 Å². The molecule has 0 bridgehead atoms. The lowest BCUT2D eigenvalue weighted by Gasteiger charge is -2.30. The predicted octanol–water partition coefficient (Wildman–Crippen LogP) is 4.09. The van der Waals surface area contributed by atoms with Crippen molar-refractivity contribution < 1.29 is 13.2 Å². The van der Waals surface area contributed by atoms with E-state index in [4.69, 9.17) is 0 Å². The first-order chi connectivity index (χ1) is 13.0. The average Bonchev–Trinajstić information content (AvgIpc) is 2.59. The second kappa shape index (κ2) is 9.09. The van der Waals surface area contributed by atoms with Crippen LogP contribution in [0.5, 0.6) is 0 Å². The van der Waals surface area contributed by atoms with Crippen LogP contribution in [0.25, 0.3) is 0 Å². The number of nitrogens with one attached hydrogen (secondary N) is 1. The van der Waals surface area contributed by atoms with Gasteiger partial charge in [0.25, 0.3) is 0 Å². The number of carbonyl (C=O) groups is 1. The summed E-state index contributed by atoms with van der Waals surface area (Å²) in [6.07, 6.45) is 1.83. The highest BCUT2D eigenvalue weighted by atomic mass is 79.9. The fourth-order valence-electron chi connectivity index (χ4n) is 3.31. The predicted molar refractivity (Wildman–Crippen MR) is 118 cm³/mol. The molecule has 28 heavy (non-hydrogen) atoms. The van der Waals surface area contributed by atoms with Crippen LogP contribution in [0.3, 0.4) is 0 Å². The highest BCUT2D eigenvalue weighted by Crippen LogP contribution is 2.29. The Morgan fingerprint density at radius 3 is 2.25 bits per heavy atom. The maximum absolute atomic E-state index is 12.6. The van der Waals surface area contributed by atoms with Crippen molar-refractivity contribution in [3.05, 3.63) is 64.6 Å². The minimum Gasteiger partial charge on any atom is -0.352 e. The number of nitrogens with zero attached hydrogens (tertiary/aromatic N) is 1. The standard InChI is InChI=1S/C21H27BrN2O3S/c1-16(14-21(2,3)17-10-6-5-7-11-17)23-20(25)15-24(28(4,26)27)19-13-9-8-12-18(19)22/h5-13,16H,14-15H2,1-4H3,(H,23,25). The minimum absolute atomic E-state index is 0.108. The maximum Gasteiger partial charge on any atom is 0.240 e. The molecule has 5 nitrogen and oxygen atoms in total. The molecule has 152 valence electrons. The van der Waals surface area contributed by atoms with Crippen LogP contribution in [-0.4, -0.2) is 33.2 Å². The number of halogens is 1. The summed E-state index contributed by atoms with van der Waals surface area (Å²) in [4.78, 5) is 12.6. The molecule has 0 fully saturated rings. The van der Waals surface area contributed by atoms with E-state index >= 15 is 0 Å². The van der Waals surface area contributed by atoms with Crippen molar-refractivity contribution in [1.29, 1.82) is 0 Å². The molecule has 1 atom stereocenters. The molecule has 0 aliphatic heterocycles. The smallest absolute Gasteiger partial charge is 0.240 e. The van der Waals surface area contributed by atoms with Crippen molar-refractivity contribution in [3.8, 4) is 0 Å². The molecular formula is C21H27BrN2O3S. The topological polar surface area (TPSA) is 66.5 Å². The van der Waals surface area contributed by atoms with Crippen molar-refractivity contribution in [3.63, 3.8) is 0 Å². The zero-order chi connectivity index (χ0) is 20.9. The summed E-state index contributed by atoms with van der Waals surface area (Å²) in [6, 6.07) is 17.0. The van der Waals surface area contributed by atoms with Crippen molar-refractivity contribution in [2.45, 2.75) is 38.6 Å². The van der Waals surface area contributed by atoms with E-state index in [0.717, 1.165) is 17.0 Å². The van der Waals surface area contributed by atoms with Crippen molar-refractivity contribution in [2.24, 2.45) is 0 Å². The Morgan fingerprint density at radius 2 is 1.68 bits per heavy atom. The molecule has 0 aliphatic carbocycles. The van der Waals surface area contributed by atoms with Crippen LogP contribution >= 0.6 is 15.9 Å². The van der Waals surface area contributed by atoms with E-state index in [2.05, 4.69) is 47.2 Å². The molecule has 0 heterocycles. The van der Waals surface area contributed by atoms with Gasteiger partial charge in [0.1, 0.15) is 6.54 Å². The molecular weight excluding hydrogens is 440 g/mol. The quantitative estimate of drug-likeness (QED) is 0.636. The Kier molecular flexibility index (Phi) is 7.28. The SMILES string of the molecule is CC(CC(C)(C)c1ccccc1)NC(=O)CN(c1ccccc1Br)S(C)(=O)=O. The van der Waals surface area contributed by atoms with E-state index in [0.29, 0.717) is 10.2 Å². The van der Waals surface area contributed by atoms with Gasteiger partial charge in [0.2, 0.25) is 15.9 Å².